The molecule has 4 nitrogen and oxygen atoms in total. The Kier molecular flexibility index (Phi) is 6.40. The van der Waals surface area contributed by atoms with E-state index in [9.17, 15) is 9.90 Å². The molecule has 1 amide bonds. The number of rotatable bonds is 5. The Morgan fingerprint density at radius 2 is 1.82 bits per heavy atom. The van der Waals surface area contributed by atoms with Crippen LogP contribution in [0.4, 0.5) is 0 Å². The van der Waals surface area contributed by atoms with Gasteiger partial charge < -0.3 is 14.7 Å². The standard InChI is InChI=1S/C24H31NO3/c1-4-20-7-9-21(10-8-20)23(26)25-14-5-12-24(27,13-15-25)17-28-22-11-6-18(2)19(3)16-22/h6-11,16,27H,4-5,12-15,17H2,1-3H3. The van der Waals surface area contributed by atoms with Crippen molar-refractivity contribution >= 4 is 5.91 Å². The summed E-state index contributed by atoms with van der Waals surface area (Å²) in [6.07, 6.45) is 2.89. The fraction of sp³-hybridized carbons (Fsp3) is 0.458. The zero-order valence-corrected chi connectivity index (χ0v) is 17.2. The molecule has 0 bridgehead atoms. The first-order valence-electron chi connectivity index (χ1n) is 10.2. The largest absolute Gasteiger partial charge is 0.491 e. The molecule has 2 aromatic carbocycles. The third-order valence-corrected chi connectivity index (χ3v) is 5.80. The molecule has 1 aliphatic heterocycles. The Labute approximate surface area is 168 Å². The highest BCUT2D eigenvalue weighted by Gasteiger charge is 2.32. The average molecular weight is 382 g/mol. The lowest BCUT2D eigenvalue weighted by Crippen LogP contribution is -2.38. The van der Waals surface area contributed by atoms with Gasteiger partial charge in [-0.15, -0.1) is 0 Å². The summed E-state index contributed by atoms with van der Waals surface area (Å²) < 4.78 is 5.89. The SMILES string of the molecule is CCc1ccc(C(=O)N2CCCC(O)(COc3ccc(C)c(C)c3)CC2)cc1. The molecular weight excluding hydrogens is 350 g/mol. The van der Waals surface area contributed by atoms with Gasteiger partial charge in [-0.1, -0.05) is 25.1 Å². The zero-order chi connectivity index (χ0) is 20.1. The van der Waals surface area contributed by atoms with E-state index in [1.807, 2.05) is 47.4 Å². The minimum absolute atomic E-state index is 0.0435. The van der Waals surface area contributed by atoms with E-state index in [1.165, 1.54) is 16.7 Å². The van der Waals surface area contributed by atoms with Gasteiger partial charge in [-0.05, 0) is 80.5 Å². The Morgan fingerprint density at radius 1 is 1.07 bits per heavy atom. The van der Waals surface area contributed by atoms with E-state index in [4.69, 9.17) is 4.74 Å². The van der Waals surface area contributed by atoms with E-state index >= 15 is 0 Å². The minimum atomic E-state index is -0.903. The van der Waals surface area contributed by atoms with Crippen LogP contribution < -0.4 is 4.74 Å². The zero-order valence-electron chi connectivity index (χ0n) is 17.2. The Bertz CT molecular complexity index is 815. The Hall–Kier alpha value is -2.33. The van der Waals surface area contributed by atoms with E-state index in [2.05, 4.69) is 20.8 Å². The minimum Gasteiger partial charge on any atom is -0.491 e. The maximum Gasteiger partial charge on any atom is 0.253 e. The summed E-state index contributed by atoms with van der Waals surface area (Å²) in [5, 5.41) is 11.0. The Balaban J connectivity index is 1.59. The van der Waals surface area contributed by atoms with Crippen molar-refractivity contribution in [3.05, 3.63) is 64.7 Å². The summed E-state index contributed by atoms with van der Waals surface area (Å²) in [6, 6.07) is 13.8. The molecular formula is C24H31NO3. The molecule has 0 radical (unpaired) electrons. The molecule has 1 atom stereocenters. The van der Waals surface area contributed by atoms with E-state index in [0.717, 1.165) is 18.6 Å². The average Bonchev–Trinajstić information content (AvgIpc) is 2.90. The predicted octanol–water partition coefficient (Wildman–Crippen LogP) is 4.30. The van der Waals surface area contributed by atoms with Gasteiger partial charge in [0.05, 0.1) is 0 Å². The molecule has 1 aliphatic rings. The first-order valence-corrected chi connectivity index (χ1v) is 10.2. The fourth-order valence-electron chi connectivity index (χ4n) is 3.61. The molecule has 1 N–H and O–H groups in total. The first kappa shape index (κ1) is 20.4. The van der Waals surface area contributed by atoms with Crippen LogP contribution in [-0.4, -0.2) is 41.2 Å². The number of carbonyl (C=O) groups is 1. The number of aryl methyl sites for hydroxylation is 3. The van der Waals surface area contributed by atoms with Gasteiger partial charge in [0, 0.05) is 18.7 Å². The molecule has 150 valence electrons. The number of amides is 1. The molecule has 0 aliphatic carbocycles. The molecule has 1 fully saturated rings. The summed E-state index contributed by atoms with van der Waals surface area (Å²) in [7, 11) is 0. The second-order valence-corrected chi connectivity index (χ2v) is 7.96. The molecule has 1 heterocycles. The van der Waals surface area contributed by atoms with Crippen LogP contribution in [0.2, 0.25) is 0 Å². The van der Waals surface area contributed by atoms with Crippen molar-refractivity contribution < 1.29 is 14.6 Å². The van der Waals surface area contributed by atoms with Gasteiger partial charge in [0.2, 0.25) is 0 Å². The highest BCUT2D eigenvalue weighted by Crippen LogP contribution is 2.26. The van der Waals surface area contributed by atoms with Crippen LogP contribution in [0.3, 0.4) is 0 Å². The topological polar surface area (TPSA) is 49.8 Å². The van der Waals surface area contributed by atoms with Crippen LogP contribution in [0.15, 0.2) is 42.5 Å². The van der Waals surface area contributed by atoms with Crippen molar-refractivity contribution in [3.8, 4) is 5.75 Å². The molecule has 0 spiro atoms. The molecule has 28 heavy (non-hydrogen) atoms. The van der Waals surface area contributed by atoms with Crippen LogP contribution in [-0.2, 0) is 6.42 Å². The van der Waals surface area contributed by atoms with Crippen molar-refractivity contribution in [1.82, 2.24) is 4.90 Å². The number of likely N-dealkylation sites (tertiary alicyclic amines) is 1. The molecule has 2 aromatic rings. The summed E-state index contributed by atoms with van der Waals surface area (Å²) in [5.74, 6) is 0.826. The highest BCUT2D eigenvalue weighted by molar-refractivity contribution is 5.94. The lowest BCUT2D eigenvalue weighted by atomic mass is 9.96. The number of nitrogens with zero attached hydrogens (tertiary/aromatic N) is 1. The van der Waals surface area contributed by atoms with Crippen LogP contribution in [0.25, 0.3) is 0 Å². The van der Waals surface area contributed by atoms with E-state index in [-0.39, 0.29) is 12.5 Å². The van der Waals surface area contributed by atoms with Gasteiger partial charge in [-0.2, -0.15) is 0 Å². The quantitative estimate of drug-likeness (QED) is 0.840. The van der Waals surface area contributed by atoms with Crippen molar-refractivity contribution in [3.63, 3.8) is 0 Å². The lowest BCUT2D eigenvalue weighted by Gasteiger charge is -2.27. The molecule has 0 saturated carbocycles. The van der Waals surface area contributed by atoms with Gasteiger partial charge in [-0.3, -0.25) is 4.79 Å². The van der Waals surface area contributed by atoms with Gasteiger partial charge in [0.25, 0.3) is 5.91 Å². The second-order valence-electron chi connectivity index (χ2n) is 7.96. The van der Waals surface area contributed by atoms with Crippen LogP contribution >= 0.6 is 0 Å². The number of hydrogen-bond acceptors (Lipinski definition) is 3. The number of ether oxygens (including phenoxy) is 1. The maximum absolute atomic E-state index is 12.8. The van der Waals surface area contributed by atoms with E-state index in [0.29, 0.717) is 31.5 Å². The third kappa shape index (κ3) is 4.93. The van der Waals surface area contributed by atoms with Gasteiger partial charge >= 0.3 is 0 Å². The van der Waals surface area contributed by atoms with E-state index < -0.39 is 5.60 Å². The molecule has 0 aromatic heterocycles. The number of benzene rings is 2. The monoisotopic (exact) mass is 381 g/mol. The summed E-state index contributed by atoms with van der Waals surface area (Å²) in [6.45, 7) is 7.69. The Morgan fingerprint density at radius 3 is 2.50 bits per heavy atom. The summed E-state index contributed by atoms with van der Waals surface area (Å²) in [4.78, 5) is 14.7. The first-order chi connectivity index (χ1) is 13.4. The fourth-order valence-corrected chi connectivity index (χ4v) is 3.61. The predicted molar refractivity (Wildman–Crippen MR) is 112 cm³/mol. The number of hydrogen-bond donors (Lipinski definition) is 1. The van der Waals surface area contributed by atoms with Crippen molar-refractivity contribution in [2.24, 2.45) is 0 Å². The lowest BCUT2D eigenvalue weighted by molar-refractivity contribution is -0.0163. The normalized spacial score (nSPS) is 19.9. The molecule has 3 rings (SSSR count). The summed E-state index contributed by atoms with van der Waals surface area (Å²) >= 11 is 0. The van der Waals surface area contributed by atoms with Crippen LogP contribution in [0, 0.1) is 13.8 Å². The number of carbonyl (C=O) groups excluding carboxylic acids is 1. The van der Waals surface area contributed by atoms with Gasteiger partial charge in [0.15, 0.2) is 0 Å². The second kappa shape index (κ2) is 8.78. The van der Waals surface area contributed by atoms with Gasteiger partial charge in [-0.25, -0.2) is 0 Å². The van der Waals surface area contributed by atoms with Gasteiger partial charge in [0.1, 0.15) is 18.0 Å². The smallest absolute Gasteiger partial charge is 0.253 e. The van der Waals surface area contributed by atoms with Crippen molar-refractivity contribution in [2.75, 3.05) is 19.7 Å². The molecule has 4 heteroatoms. The van der Waals surface area contributed by atoms with Crippen molar-refractivity contribution in [2.45, 2.75) is 52.1 Å². The highest BCUT2D eigenvalue weighted by atomic mass is 16.5. The van der Waals surface area contributed by atoms with Crippen molar-refractivity contribution in [1.29, 1.82) is 0 Å². The molecule has 1 unspecified atom stereocenters. The third-order valence-electron chi connectivity index (χ3n) is 5.80. The summed E-state index contributed by atoms with van der Waals surface area (Å²) in [5.41, 5.74) is 3.44. The van der Waals surface area contributed by atoms with E-state index in [1.54, 1.807) is 0 Å². The maximum atomic E-state index is 12.8. The van der Waals surface area contributed by atoms with Crippen LogP contribution in [0.1, 0.15) is 53.2 Å². The van der Waals surface area contributed by atoms with Crippen LogP contribution in [0.5, 0.6) is 5.75 Å². The number of aliphatic hydroxyl groups is 1. The molecule has 1 saturated heterocycles.